The lowest BCUT2D eigenvalue weighted by atomic mass is 10.1. The molecule has 2 aromatic heterocycles. The summed E-state index contributed by atoms with van der Waals surface area (Å²) in [6.45, 7) is 4.98. The third-order valence-corrected chi connectivity index (χ3v) is 3.78. The van der Waals surface area contributed by atoms with E-state index in [1.807, 2.05) is 12.4 Å². The maximum atomic E-state index is 5.14. The molecule has 104 valence electrons. The minimum absolute atomic E-state index is 0.250. The van der Waals surface area contributed by atoms with Gasteiger partial charge in [0.05, 0.1) is 6.61 Å². The molecule has 2 atom stereocenters. The van der Waals surface area contributed by atoms with Gasteiger partial charge < -0.3 is 14.6 Å². The van der Waals surface area contributed by atoms with Gasteiger partial charge in [-0.05, 0) is 42.7 Å². The van der Waals surface area contributed by atoms with Crippen molar-refractivity contribution in [3.8, 4) is 0 Å². The van der Waals surface area contributed by atoms with Gasteiger partial charge in [0.2, 0.25) is 5.95 Å². The Morgan fingerprint density at radius 1 is 1.47 bits per heavy atom. The molecule has 0 aliphatic rings. The molecule has 2 heterocycles. The van der Waals surface area contributed by atoms with Crippen molar-refractivity contribution in [2.45, 2.75) is 32.4 Å². The van der Waals surface area contributed by atoms with Gasteiger partial charge in [0.25, 0.3) is 0 Å². The van der Waals surface area contributed by atoms with E-state index in [9.17, 15) is 0 Å². The first-order chi connectivity index (χ1) is 9.20. The topological polar surface area (TPSA) is 39.1 Å². The first-order valence-electron chi connectivity index (χ1n) is 6.50. The number of anilines is 1. The first kappa shape index (κ1) is 14.1. The number of nitrogens with one attached hydrogen (secondary N) is 1. The third kappa shape index (κ3) is 3.81. The molecule has 0 aliphatic carbocycles. The molecule has 5 heteroatoms. The third-order valence-electron chi connectivity index (χ3n) is 3.05. The van der Waals surface area contributed by atoms with E-state index in [0.29, 0.717) is 12.6 Å². The van der Waals surface area contributed by atoms with Gasteiger partial charge in [-0.25, -0.2) is 4.98 Å². The summed E-state index contributed by atoms with van der Waals surface area (Å²) in [7, 11) is 1.71. The van der Waals surface area contributed by atoms with Crippen molar-refractivity contribution < 1.29 is 4.74 Å². The predicted molar refractivity (Wildman–Crippen MR) is 79.9 cm³/mol. The Labute approximate surface area is 118 Å². The van der Waals surface area contributed by atoms with Crippen LogP contribution in [0.2, 0.25) is 0 Å². The molecular formula is C14H21N3OS. The Balaban J connectivity index is 2.01. The highest BCUT2D eigenvalue weighted by molar-refractivity contribution is 7.07. The van der Waals surface area contributed by atoms with E-state index in [-0.39, 0.29) is 6.04 Å². The van der Waals surface area contributed by atoms with Crippen LogP contribution in [-0.2, 0) is 11.2 Å². The maximum absolute atomic E-state index is 5.14. The van der Waals surface area contributed by atoms with Crippen molar-refractivity contribution >= 4 is 17.3 Å². The van der Waals surface area contributed by atoms with Crippen LogP contribution in [0.3, 0.4) is 0 Å². The molecule has 0 saturated carbocycles. The summed E-state index contributed by atoms with van der Waals surface area (Å²) < 4.78 is 7.32. The maximum Gasteiger partial charge on any atom is 0.203 e. The molecule has 0 aliphatic heterocycles. The summed E-state index contributed by atoms with van der Waals surface area (Å²) in [5.41, 5.74) is 1.38. The highest BCUT2D eigenvalue weighted by Gasteiger charge is 2.12. The smallest absolute Gasteiger partial charge is 0.203 e. The van der Waals surface area contributed by atoms with E-state index in [4.69, 9.17) is 4.74 Å². The van der Waals surface area contributed by atoms with Gasteiger partial charge in [-0.2, -0.15) is 11.3 Å². The van der Waals surface area contributed by atoms with Crippen molar-refractivity contribution in [2.75, 3.05) is 19.0 Å². The average Bonchev–Trinajstić information content (AvgIpc) is 3.00. The minimum atomic E-state index is 0.250. The zero-order valence-electron chi connectivity index (χ0n) is 11.7. The number of rotatable bonds is 7. The van der Waals surface area contributed by atoms with E-state index in [1.165, 1.54) is 5.56 Å². The molecule has 0 amide bonds. The Hall–Kier alpha value is -1.33. The Kier molecular flexibility index (Phi) is 4.99. The molecule has 0 bridgehead atoms. The number of hydrogen-bond acceptors (Lipinski definition) is 4. The lowest BCUT2D eigenvalue weighted by Crippen LogP contribution is -2.24. The molecule has 2 unspecified atom stereocenters. The minimum Gasteiger partial charge on any atom is -0.383 e. The second-order valence-corrected chi connectivity index (χ2v) is 5.62. The number of thiophene rings is 1. The average molecular weight is 279 g/mol. The number of methoxy groups -OCH3 is 1. The Bertz CT molecular complexity index is 481. The highest BCUT2D eigenvalue weighted by Crippen LogP contribution is 2.20. The predicted octanol–water partition coefficient (Wildman–Crippen LogP) is 3.20. The Morgan fingerprint density at radius 3 is 3.00 bits per heavy atom. The van der Waals surface area contributed by atoms with Crippen molar-refractivity contribution in [3.05, 3.63) is 34.8 Å². The van der Waals surface area contributed by atoms with Crippen molar-refractivity contribution in [1.82, 2.24) is 9.55 Å². The summed E-state index contributed by atoms with van der Waals surface area (Å²) in [5, 5.41) is 7.70. The standard InChI is InChI=1S/C14H21N3OS/c1-11(9-18-3)16-14-15-5-6-17(14)12(2)8-13-4-7-19-10-13/h4-7,10-12H,8-9H2,1-3H3,(H,15,16). The molecule has 2 rings (SSSR count). The van der Waals surface area contributed by atoms with Crippen LogP contribution in [0.15, 0.2) is 29.2 Å². The van der Waals surface area contributed by atoms with Crippen LogP contribution in [0, 0.1) is 0 Å². The van der Waals surface area contributed by atoms with Gasteiger partial charge in [0.1, 0.15) is 0 Å². The number of ether oxygens (including phenoxy) is 1. The molecule has 4 nitrogen and oxygen atoms in total. The van der Waals surface area contributed by atoms with E-state index in [2.05, 4.69) is 45.5 Å². The summed E-state index contributed by atoms with van der Waals surface area (Å²) in [4.78, 5) is 4.39. The molecule has 19 heavy (non-hydrogen) atoms. The van der Waals surface area contributed by atoms with E-state index in [1.54, 1.807) is 18.4 Å². The summed E-state index contributed by atoms with van der Waals surface area (Å²) in [6, 6.07) is 2.81. The molecule has 2 aromatic rings. The molecule has 0 saturated heterocycles. The SMILES string of the molecule is COCC(C)Nc1nccn1C(C)Cc1ccsc1. The lowest BCUT2D eigenvalue weighted by Gasteiger charge is -2.19. The Morgan fingerprint density at radius 2 is 2.32 bits per heavy atom. The molecule has 0 fully saturated rings. The molecule has 0 spiro atoms. The zero-order valence-corrected chi connectivity index (χ0v) is 12.5. The van der Waals surface area contributed by atoms with Gasteiger partial charge in [-0.15, -0.1) is 0 Å². The second kappa shape index (κ2) is 6.73. The zero-order chi connectivity index (χ0) is 13.7. The largest absolute Gasteiger partial charge is 0.383 e. The van der Waals surface area contributed by atoms with Crippen LogP contribution in [-0.4, -0.2) is 29.3 Å². The lowest BCUT2D eigenvalue weighted by molar-refractivity contribution is 0.190. The van der Waals surface area contributed by atoms with Crippen LogP contribution >= 0.6 is 11.3 Å². The van der Waals surface area contributed by atoms with E-state index in [0.717, 1.165) is 12.4 Å². The van der Waals surface area contributed by atoms with Gasteiger partial charge in [-0.1, -0.05) is 0 Å². The van der Waals surface area contributed by atoms with E-state index < -0.39 is 0 Å². The number of aromatic nitrogens is 2. The fraction of sp³-hybridized carbons (Fsp3) is 0.500. The molecule has 1 N–H and O–H groups in total. The summed E-state index contributed by atoms with van der Waals surface area (Å²) >= 11 is 1.74. The monoisotopic (exact) mass is 279 g/mol. The number of imidazole rings is 1. The van der Waals surface area contributed by atoms with Crippen LogP contribution < -0.4 is 5.32 Å². The fourth-order valence-electron chi connectivity index (χ4n) is 2.14. The van der Waals surface area contributed by atoms with Gasteiger partial charge in [0.15, 0.2) is 0 Å². The van der Waals surface area contributed by atoms with Crippen LogP contribution in [0.4, 0.5) is 5.95 Å². The van der Waals surface area contributed by atoms with Crippen molar-refractivity contribution in [2.24, 2.45) is 0 Å². The van der Waals surface area contributed by atoms with Gasteiger partial charge >= 0.3 is 0 Å². The normalized spacial score (nSPS) is 14.3. The van der Waals surface area contributed by atoms with E-state index >= 15 is 0 Å². The van der Waals surface area contributed by atoms with Crippen molar-refractivity contribution in [3.63, 3.8) is 0 Å². The quantitative estimate of drug-likeness (QED) is 0.846. The fourth-order valence-corrected chi connectivity index (χ4v) is 2.82. The summed E-state index contributed by atoms with van der Waals surface area (Å²) in [5.74, 6) is 0.910. The van der Waals surface area contributed by atoms with Crippen LogP contribution in [0.25, 0.3) is 0 Å². The molecule has 0 aromatic carbocycles. The van der Waals surface area contributed by atoms with Crippen LogP contribution in [0.1, 0.15) is 25.5 Å². The van der Waals surface area contributed by atoms with Crippen molar-refractivity contribution in [1.29, 1.82) is 0 Å². The summed E-state index contributed by atoms with van der Waals surface area (Å²) in [6.07, 6.45) is 4.89. The number of nitrogens with zero attached hydrogens (tertiary/aromatic N) is 2. The number of hydrogen-bond donors (Lipinski definition) is 1. The second-order valence-electron chi connectivity index (χ2n) is 4.84. The molecular weight excluding hydrogens is 258 g/mol. The highest BCUT2D eigenvalue weighted by atomic mass is 32.1. The first-order valence-corrected chi connectivity index (χ1v) is 7.44. The van der Waals surface area contributed by atoms with Gasteiger partial charge in [0, 0.05) is 31.6 Å². The van der Waals surface area contributed by atoms with Crippen LogP contribution in [0.5, 0.6) is 0 Å². The molecule has 0 radical (unpaired) electrons. The van der Waals surface area contributed by atoms with Gasteiger partial charge in [-0.3, -0.25) is 0 Å².